The minimum atomic E-state index is -0.205. The van der Waals surface area contributed by atoms with Crippen LogP contribution in [0.25, 0.3) is 0 Å². The van der Waals surface area contributed by atoms with Crippen LogP contribution in [0, 0.1) is 0 Å². The van der Waals surface area contributed by atoms with Gasteiger partial charge in [-0.05, 0) is 31.0 Å². The average molecular weight is 279 g/mol. The SMILES string of the molecule is COCCNC(=O)c1cc(CCC(C)=O)ccc1OC. The Bertz CT molecular complexity index is 471. The van der Waals surface area contributed by atoms with Crippen LogP contribution in [-0.4, -0.2) is 39.1 Å². The first-order chi connectivity index (χ1) is 9.58. The van der Waals surface area contributed by atoms with Crippen molar-refractivity contribution in [1.82, 2.24) is 5.32 Å². The highest BCUT2D eigenvalue weighted by Gasteiger charge is 2.12. The number of methoxy groups -OCH3 is 2. The standard InChI is InChI=1S/C15H21NO4/c1-11(17)4-5-12-6-7-14(20-3)13(10-12)15(18)16-8-9-19-2/h6-7,10H,4-5,8-9H2,1-3H3,(H,16,18). The number of aryl methyl sites for hydroxylation is 1. The predicted molar refractivity (Wildman–Crippen MR) is 76.2 cm³/mol. The predicted octanol–water partition coefficient (Wildman–Crippen LogP) is 1.59. The summed E-state index contributed by atoms with van der Waals surface area (Å²) in [5.41, 5.74) is 1.42. The number of ketones is 1. The third-order valence-corrected chi connectivity index (χ3v) is 2.87. The lowest BCUT2D eigenvalue weighted by Gasteiger charge is -2.11. The van der Waals surface area contributed by atoms with Crippen molar-refractivity contribution in [3.05, 3.63) is 29.3 Å². The first-order valence-electron chi connectivity index (χ1n) is 6.52. The molecule has 1 amide bonds. The lowest BCUT2D eigenvalue weighted by atomic mass is 10.0. The van der Waals surface area contributed by atoms with Gasteiger partial charge in [0.05, 0.1) is 19.3 Å². The molecule has 1 rings (SSSR count). The molecule has 110 valence electrons. The number of benzene rings is 1. The Morgan fingerprint density at radius 1 is 1.25 bits per heavy atom. The maximum atomic E-state index is 12.1. The summed E-state index contributed by atoms with van der Waals surface area (Å²) in [5.74, 6) is 0.446. The normalized spacial score (nSPS) is 10.2. The number of carbonyl (C=O) groups excluding carboxylic acids is 2. The summed E-state index contributed by atoms with van der Waals surface area (Å²) in [5, 5.41) is 2.76. The van der Waals surface area contributed by atoms with E-state index >= 15 is 0 Å². The van der Waals surface area contributed by atoms with Gasteiger partial charge in [0.25, 0.3) is 5.91 Å². The Morgan fingerprint density at radius 3 is 2.60 bits per heavy atom. The van der Waals surface area contributed by atoms with E-state index in [9.17, 15) is 9.59 Å². The van der Waals surface area contributed by atoms with Crippen molar-refractivity contribution in [3.8, 4) is 5.75 Å². The first kappa shape index (κ1) is 16.2. The second kappa shape index (κ2) is 8.32. The van der Waals surface area contributed by atoms with E-state index in [1.165, 1.54) is 7.11 Å². The molecule has 0 aliphatic carbocycles. The number of nitrogens with one attached hydrogen (secondary N) is 1. The fourth-order valence-electron chi connectivity index (χ4n) is 1.77. The monoisotopic (exact) mass is 279 g/mol. The Morgan fingerprint density at radius 2 is 2.00 bits per heavy atom. The summed E-state index contributed by atoms with van der Waals surface area (Å²) in [6.07, 6.45) is 1.09. The molecule has 0 bridgehead atoms. The van der Waals surface area contributed by atoms with Gasteiger partial charge < -0.3 is 19.6 Å². The van der Waals surface area contributed by atoms with Gasteiger partial charge in [-0.15, -0.1) is 0 Å². The molecule has 1 aromatic rings. The van der Waals surface area contributed by atoms with Gasteiger partial charge in [-0.2, -0.15) is 0 Å². The van der Waals surface area contributed by atoms with Crippen molar-refractivity contribution in [1.29, 1.82) is 0 Å². The van der Waals surface area contributed by atoms with Crippen LogP contribution in [0.3, 0.4) is 0 Å². The number of hydrogen-bond donors (Lipinski definition) is 1. The molecule has 0 spiro atoms. The van der Waals surface area contributed by atoms with E-state index < -0.39 is 0 Å². The van der Waals surface area contributed by atoms with Crippen molar-refractivity contribution >= 4 is 11.7 Å². The van der Waals surface area contributed by atoms with Gasteiger partial charge in [-0.25, -0.2) is 0 Å². The Labute approximate surface area is 119 Å². The van der Waals surface area contributed by atoms with E-state index in [1.807, 2.05) is 6.07 Å². The molecule has 5 nitrogen and oxygen atoms in total. The van der Waals surface area contributed by atoms with Gasteiger partial charge >= 0.3 is 0 Å². The minimum absolute atomic E-state index is 0.131. The van der Waals surface area contributed by atoms with Gasteiger partial charge in [-0.1, -0.05) is 6.07 Å². The largest absolute Gasteiger partial charge is 0.496 e. The summed E-state index contributed by atoms with van der Waals surface area (Å²) in [6, 6.07) is 5.39. The molecule has 0 fully saturated rings. The first-order valence-corrected chi connectivity index (χ1v) is 6.52. The van der Waals surface area contributed by atoms with Gasteiger partial charge in [0.1, 0.15) is 11.5 Å². The number of ether oxygens (including phenoxy) is 2. The van der Waals surface area contributed by atoms with E-state index in [0.717, 1.165) is 5.56 Å². The van der Waals surface area contributed by atoms with Gasteiger partial charge in [0, 0.05) is 20.1 Å². The molecule has 0 aromatic heterocycles. The Hall–Kier alpha value is -1.88. The maximum absolute atomic E-state index is 12.1. The zero-order valence-electron chi connectivity index (χ0n) is 12.2. The molecule has 0 unspecified atom stereocenters. The van der Waals surface area contributed by atoms with Crippen molar-refractivity contribution in [2.24, 2.45) is 0 Å². The molecular weight excluding hydrogens is 258 g/mol. The fraction of sp³-hybridized carbons (Fsp3) is 0.467. The zero-order valence-corrected chi connectivity index (χ0v) is 12.2. The third kappa shape index (κ3) is 5.01. The quantitative estimate of drug-likeness (QED) is 0.734. The molecule has 1 N–H and O–H groups in total. The second-order valence-corrected chi connectivity index (χ2v) is 4.49. The van der Waals surface area contributed by atoms with Crippen LogP contribution in [0.15, 0.2) is 18.2 Å². The van der Waals surface area contributed by atoms with E-state index in [4.69, 9.17) is 9.47 Å². The molecule has 0 atom stereocenters. The van der Waals surface area contributed by atoms with Crippen LogP contribution < -0.4 is 10.1 Å². The van der Waals surface area contributed by atoms with Crippen LogP contribution in [0.1, 0.15) is 29.3 Å². The molecule has 0 aliphatic rings. The lowest BCUT2D eigenvalue weighted by Crippen LogP contribution is -2.27. The average Bonchev–Trinajstić information content (AvgIpc) is 2.44. The number of carbonyl (C=O) groups is 2. The molecule has 5 heteroatoms. The smallest absolute Gasteiger partial charge is 0.255 e. The summed E-state index contributed by atoms with van der Waals surface area (Å²) in [7, 11) is 3.10. The highest BCUT2D eigenvalue weighted by Crippen LogP contribution is 2.20. The molecule has 0 heterocycles. The van der Waals surface area contributed by atoms with Crippen molar-refractivity contribution in [2.45, 2.75) is 19.8 Å². The van der Waals surface area contributed by atoms with Gasteiger partial charge in [0.15, 0.2) is 0 Å². The van der Waals surface area contributed by atoms with Gasteiger partial charge in [0.2, 0.25) is 0 Å². The molecule has 0 aliphatic heterocycles. The van der Waals surface area contributed by atoms with E-state index in [-0.39, 0.29) is 11.7 Å². The Balaban J connectivity index is 2.82. The molecule has 20 heavy (non-hydrogen) atoms. The summed E-state index contributed by atoms with van der Waals surface area (Å²) >= 11 is 0. The molecule has 1 aromatic carbocycles. The van der Waals surface area contributed by atoms with Crippen molar-refractivity contribution < 1.29 is 19.1 Å². The van der Waals surface area contributed by atoms with E-state index in [1.54, 1.807) is 26.2 Å². The number of hydrogen-bond acceptors (Lipinski definition) is 4. The van der Waals surface area contributed by atoms with Crippen LogP contribution >= 0.6 is 0 Å². The summed E-state index contributed by atoms with van der Waals surface area (Å²) < 4.78 is 10.1. The number of rotatable bonds is 8. The van der Waals surface area contributed by atoms with E-state index in [0.29, 0.717) is 37.3 Å². The molecule has 0 saturated carbocycles. The lowest BCUT2D eigenvalue weighted by molar-refractivity contribution is -0.116. The molecular formula is C15H21NO4. The van der Waals surface area contributed by atoms with Crippen molar-refractivity contribution in [3.63, 3.8) is 0 Å². The zero-order chi connectivity index (χ0) is 15.0. The molecule has 0 saturated heterocycles. The number of Topliss-reactive ketones (excluding diaryl/α,β-unsaturated/α-hetero) is 1. The second-order valence-electron chi connectivity index (χ2n) is 4.49. The van der Waals surface area contributed by atoms with Crippen molar-refractivity contribution in [2.75, 3.05) is 27.4 Å². The topological polar surface area (TPSA) is 64.6 Å². The third-order valence-electron chi connectivity index (χ3n) is 2.87. The Kier molecular flexibility index (Phi) is 6.73. The molecule has 0 radical (unpaired) electrons. The van der Waals surface area contributed by atoms with Crippen LogP contribution in [0.5, 0.6) is 5.75 Å². The summed E-state index contributed by atoms with van der Waals surface area (Å²) in [6.45, 7) is 2.45. The summed E-state index contributed by atoms with van der Waals surface area (Å²) in [4.78, 5) is 23.1. The highest BCUT2D eigenvalue weighted by atomic mass is 16.5. The van der Waals surface area contributed by atoms with Crippen LogP contribution in [0.4, 0.5) is 0 Å². The highest BCUT2D eigenvalue weighted by molar-refractivity contribution is 5.97. The fourth-order valence-corrected chi connectivity index (χ4v) is 1.77. The van der Waals surface area contributed by atoms with Gasteiger partial charge in [-0.3, -0.25) is 4.79 Å². The van der Waals surface area contributed by atoms with E-state index in [2.05, 4.69) is 5.32 Å². The maximum Gasteiger partial charge on any atom is 0.255 e. The van der Waals surface area contributed by atoms with Crippen LogP contribution in [0.2, 0.25) is 0 Å². The number of amides is 1. The van der Waals surface area contributed by atoms with Crippen LogP contribution in [-0.2, 0) is 16.0 Å². The minimum Gasteiger partial charge on any atom is -0.496 e.